The standard InChI is InChI=1S/C21H17N3O4/c22-21(25)15-10-18(13-23-12-15)27-20-11-19(28-24-20)14-6-8-17(9-7-14)26-16-4-2-1-3-5-16/h1-10,12-13,19H,11H2,(H2,22,25)/t19-/m1/s1. The van der Waals surface area contributed by atoms with Gasteiger partial charge < -0.3 is 20.0 Å². The summed E-state index contributed by atoms with van der Waals surface area (Å²) in [6, 6.07) is 18.7. The number of pyridine rings is 1. The highest BCUT2D eigenvalue weighted by Gasteiger charge is 2.25. The van der Waals surface area contributed by atoms with Gasteiger partial charge in [-0.2, -0.15) is 0 Å². The molecule has 7 heteroatoms. The second-order valence-electron chi connectivity index (χ2n) is 6.14. The van der Waals surface area contributed by atoms with Crippen LogP contribution in [0.3, 0.4) is 0 Å². The maximum absolute atomic E-state index is 11.2. The monoisotopic (exact) mass is 375 g/mol. The van der Waals surface area contributed by atoms with Gasteiger partial charge in [-0.05, 0) is 35.9 Å². The lowest BCUT2D eigenvalue weighted by atomic mass is 10.1. The summed E-state index contributed by atoms with van der Waals surface area (Å²) in [5.41, 5.74) is 6.47. The van der Waals surface area contributed by atoms with E-state index < -0.39 is 5.91 Å². The minimum atomic E-state index is -0.571. The molecule has 1 aliphatic rings. The van der Waals surface area contributed by atoms with Gasteiger partial charge in [-0.3, -0.25) is 9.78 Å². The number of para-hydroxylation sites is 1. The maximum atomic E-state index is 11.2. The van der Waals surface area contributed by atoms with Crippen LogP contribution in [0.5, 0.6) is 17.2 Å². The molecule has 7 nitrogen and oxygen atoms in total. The zero-order valence-corrected chi connectivity index (χ0v) is 14.8. The summed E-state index contributed by atoms with van der Waals surface area (Å²) in [5.74, 6) is 1.72. The number of nitrogens with two attached hydrogens (primary N) is 1. The Morgan fingerprint density at radius 3 is 2.46 bits per heavy atom. The number of rotatable bonds is 5. The molecule has 140 valence electrons. The minimum Gasteiger partial charge on any atom is -0.457 e. The third kappa shape index (κ3) is 4.09. The first-order valence-corrected chi connectivity index (χ1v) is 8.65. The van der Waals surface area contributed by atoms with Crippen molar-refractivity contribution in [3.8, 4) is 17.2 Å². The van der Waals surface area contributed by atoms with Crippen molar-refractivity contribution in [3.05, 3.63) is 84.2 Å². The van der Waals surface area contributed by atoms with Crippen molar-refractivity contribution in [1.82, 2.24) is 4.98 Å². The first kappa shape index (κ1) is 17.5. The largest absolute Gasteiger partial charge is 0.457 e. The second kappa shape index (κ2) is 7.79. The van der Waals surface area contributed by atoms with E-state index in [4.69, 9.17) is 20.0 Å². The third-order valence-corrected chi connectivity index (χ3v) is 4.11. The Balaban J connectivity index is 1.37. The topological polar surface area (TPSA) is 96.0 Å². The molecule has 0 spiro atoms. The van der Waals surface area contributed by atoms with Crippen molar-refractivity contribution < 1.29 is 19.1 Å². The van der Waals surface area contributed by atoms with E-state index in [9.17, 15) is 4.79 Å². The van der Waals surface area contributed by atoms with Crippen LogP contribution in [0.4, 0.5) is 0 Å². The molecule has 0 saturated heterocycles. The zero-order valence-electron chi connectivity index (χ0n) is 14.8. The fraction of sp³-hybridized carbons (Fsp3) is 0.0952. The molecule has 1 atom stereocenters. The Hall–Kier alpha value is -3.87. The minimum absolute atomic E-state index is 0.256. The lowest BCUT2D eigenvalue weighted by Gasteiger charge is -2.10. The van der Waals surface area contributed by atoms with Crippen LogP contribution in [0.25, 0.3) is 0 Å². The van der Waals surface area contributed by atoms with Crippen LogP contribution in [-0.2, 0) is 4.84 Å². The molecule has 0 fully saturated rings. The van der Waals surface area contributed by atoms with Gasteiger partial charge in [0, 0.05) is 6.20 Å². The summed E-state index contributed by atoms with van der Waals surface area (Å²) in [5, 5.41) is 3.97. The normalized spacial score (nSPS) is 15.4. The highest BCUT2D eigenvalue weighted by atomic mass is 16.7. The van der Waals surface area contributed by atoms with Crippen molar-refractivity contribution in [3.63, 3.8) is 0 Å². The van der Waals surface area contributed by atoms with Crippen LogP contribution in [0.15, 0.2) is 78.2 Å². The van der Waals surface area contributed by atoms with Crippen molar-refractivity contribution in [2.45, 2.75) is 12.5 Å². The van der Waals surface area contributed by atoms with E-state index in [1.807, 2.05) is 54.6 Å². The quantitative estimate of drug-likeness (QED) is 0.731. The van der Waals surface area contributed by atoms with Gasteiger partial charge in [0.1, 0.15) is 17.2 Å². The van der Waals surface area contributed by atoms with Crippen molar-refractivity contribution in [1.29, 1.82) is 0 Å². The molecule has 28 heavy (non-hydrogen) atoms. The van der Waals surface area contributed by atoms with E-state index in [0.717, 1.165) is 17.1 Å². The molecule has 0 radical (unpaired) electrons. The Morgan fingerprint density at radius 1 is 0.964 bits per heavy atom. The average molecular weight is 375 g/mol. The Bertz CT molecular complexity index is 1000. The molecule has 0 unspecified atom stereocenters. The summed E-state index contributed by atoms with van der Waals surface area (Å²) in [6.07, 6.45) is 3.06. The Kier molecular flexibility index (Phi) is 4.88. The number of oxime groups is 1. The molecule has 1 amide bonds. The van der Waals surface area contributed by atoms with Gasteiger partial charge in [0.15, 0.2) is 6.10 Å². The fourth-order valence-electron chi connectivity index (χ4n) is 2.72. The molecule has 1 aliphatic heterocycles. The van der Waals surface area contributed by atoms with Crippen LogP contribution in [0.2, 0.25) is 0 Å². The summed E-state index contributed by atoms with van der Waals surface area (Å²) in [7, 11) is 0. The number of benzene rings is 2. The molecule has 2 N–H and O–H groups in total. The first-order chi connectivity index (χ1) is 13.7. The van der Waals surface area contributed by atoms with E-state index in [1.165, 1.54) is 18.5 Å². The molecule has 3 aromatic rings. The lowest BCUT2D eigenvalue weighted by Crippen LogP contribution is -2.12. The lowest BCUT2D eigenvalue weighted by molar-refractivity contribution is 0.0855. The number of aromatic nitrogens is 1. The van der Waals surface area contributed by atoms with Gasteiger partial charge in [-0.1, -0.05) is 35.5 Å². The molecule has 0 saturated carbocycles. The van der Waals surface area contributed by atoms with Gasteiger partial charge in [0.05, 0.1) is 18.2 Å². The van der Waals surface area contributed by atoms with Crippen LogP contribution < -0.4 is 15.2 Å². The second-order valence-corrected chi connectivity index (χ2v) is 6.14. The smallest absolute Gasteiger partial charge is 0.250 e. The van der Waals surface area contributed by atoms with Gasteiger partial charge in [0.2, 0.25) is 11.8 Å². The summed E-state index contributed by atoms with van der Waals surface area (Å²) < 4.78 is 11.4. The number of carbonyl (C=O) groups excluding carboxylic acids is 1. The van der Waals surface area contributed by atoms with E-state index >= 15 is 0 Å². The maximum Gasteiger partial charge on any atom is 0.250 e. The molecule has 2 heterocycles. The molecular formula is C21H17N3O4. The van der Waals surface area contributed by atoms with Crippen LogP contribution in [-0.4, -0.2) is 16.8 Å². The van der Waals surface area contributed by atoms with E-state index in [-0.39, 0.29) is 11.7 Å². The number of ether oxygens (including phenoxy) is 2. The number of nitrogens with zero attached hydrogens (tertiary/aromatic N) is 2. The van der Waals surface area contributed by atoms with Crippen molar-refractivity contribution >= 4 is 11.8 Å². The third-order valence-electron chi connectivity index (χ3n) is 4.11. The predicted octanol–water partition coefficient (Wildman–Crippen LogP) is 3.83. The van der Waals surface area contributed by atoms with Gasteiger partial charge in [0.25, 0.3) is 0 Å². The van der Waals surface area contributed by atoms with Crippen molar-refractivity contribution in [2.75, 3.05) is 0 Å². The molecule has 0 aliphatic carbocycles. The number of carbonyl (C=O) groups is 1. The van der Waals surface area contributed by atoms with Crippen LogP contribution in [0.1, 0.15) is 28.4 Å². The zero-order chi connectivity index (χ0) is 19.3. The van der Waals surface area contributed by atoms with Crippen LogP contribution >= 0.6 is 0 Å². The number of hydrogen-bond acceptors (Lipinski definition) is 6. The SMILES string of the molecule is NC(=O)c1cncc(OC2=NO[C@@H](c3ccc(Oc4ccccc4)cc3)C2)c1. The van der Waals surface area contributed by atoms with Gasteiger partial charge >= 0.3 is 0 Å². The Morgan fingerprint density at radius 2 is 1.71 bits per heavy atom. The molecule has 4 rings (SSSR count). The van der Waals surface area contributed by atoms with Crippen LogP contribution in [0, 0.1) is 0 Å². The summed E-state index contributed by atoms with van der Waals surface area (Å²) >= 11 is 0. The number of primary amides is 1. The highest BCUT2D eigenvalue weighted by molar-refractivity contribution is 5.93. The number of amides is 1. The summed E-state index contributed by atoms with van der Waals surface area (Å²) in [6.45, 7) is 0. The number of hydrogen-bond donors (Lipinski definition) is 1. The summed E-state index contributed by atoms with van der Waals surface area (Å²) in [4.78, 5) is 20.6. The van der Waals surface area contributed by atoms with E-state index in [0.29, 0.717) is 18.1 Å². The first-order valence-electron chi connectivity index (χ1n) is 8.65. The van der Waals surface area contributed by atoms with E-state index in [1.54, 1.807) is 0 Å². The molecule has 0 bridgehead atoms. The molecular weight excluding hydrogens is 358 g/mol. The van der Waals surface area contributed by atoms with Gasteiger partial charge in [-0.15, -0.1) is 0 Å². The predicted molar refractivity (Wildman–Crippen MR) is 102 cm³/mol. The fourth-order valence-corrected chi connectivity index (χ4v) is 2.72. The molecule has 1 aromatic heterocycles. The molecule has 2 aromatic carbocycles. The van der Waals surface area contributed by atoms with Crippen molar-refractivity contribution in [2.24, 2.45) is 10.9 Å². The average Bonchev–Trinajstić information content (AvgIpc) is 3.18. The van der Waals surface area contributed by atoms with E-state index in [2.05, 4.69) is 10.1 Å². The Labute approximate surface area is 161 Å². The van der Waals surface area contributed by atoms with Gasteiger partial charge in [-0.25, -0.2) is 0 Å². The highest BCUT2D eigenvalue weighted by Crippen LogP contribution is 2.30.